The molecule has 3 N–H and O–H groups in total. The lowest BCUT2D eigenvalue weighted by molar-refractivity contribution is -0.136. The van der Waals surface area contributed by atoms with Crippen molar-refractivity contribution in [1.82, 2.24) is 5.43 Å². The number of hydrogen-bond acceptors (Lipinski definition) is 5. The van der Waals surface area contributed by atoms with Crippen molar-refractivity contribution in [2.24, 2.45) is 5.10 Å². The number of anilines is 2. The molecule has 3 rings (SSSR count). The van der Waals surface area contributed by atoms with Crippen LogP contribution in [0, 0.1) is 0 Å². The zero-order valence-corrected chi connectivity index (χ0v) is 19.6. The predicted octanol–water partition coefficient (Wildman–Crippen LogP) is 4.75. The highest BCUT2D eigenvalue weighted by Crippen LogP contribution is 2.22. The van der Waals surface area contributed by atoms with E-state index in [0.29, 0.717) is 37.8 Å². The molecule has 8 nitrogen and oxygen atoms in total. The Morgan fingerprint density at radius 1 is 0.794 bits per heavy atom. The highest BCUT2D eigenvalue weighted by atomic mass is 35.5. The summed E-state index contributed by atoms with van der Waals surface area (Å²) in [6.07, 6.45) is 1.35. The summed E-state index contributed by atoms with van der Waals surface area (Å²) in [6.45, 7) is -0.227. The maximum Gasteiger partial charge on any atom is 0.329 e. The Balaban J connectivity index is 1.44. The Morgan fingerprint density at radius 3 is 2.15 bits per heavy atom. The largest absolute Gasteiger partial charge is 0.484 e. The summed E-state index contributed by atoms with van der Waals surface area (Å²) >= 11 is 17.6. The van der Waals surface area contributed by atoms with Crippen molar-refractivity contribution in [2.45, 2.75) is 0 Å². The Hall–Kier alpha value is -3.59. The third kappa shape index (κ3) is 8.08. The number of halogens is 3. The number of hydrazone groups is 1. The van der Waals surface area contributed by atoms with Gasteiger partial charge in [0.2, 0.25) is 0 Å². The van der Waals surface area contributed by atoms with Gasteiger partial charge in [-0.3, -0.25) is 14.4 Å². The Bertz CT molecular complexity index is 1210. The second-order valence-corrected chi connectivity index (χ2v) is 8.04. The summed E-state index contributed by atoms with van der Waals surface area (Å²) in [7, 11) is 0. The molecule has 11 heteroatoms. The van der Waals surface area contributed by atoms with Crippen LogP contribution in [0.5, 0.6) is 5.75 Å². The Kier molecular flexibility index (Phi) is 8.86. The molecule has 0 spiro atoms. The smallest absolute Gasteiger partial charge is 0.329 e. The molecular weight excluding hydrogens is 503 g/mol. The van der Waals surface area contributed by atoms with Gasteiger partial charge in [0.15, 0.2) is 6.61 Å². The maximum absolute atomic E-state index is 12.0. The fourth-order valence-electron chi connectivity index (χ4n) is 2.59. The van der Waals surface area contributed by atoms with Crippen LogP contribution in [0.4, 0.5) is 11.4 Å². The van der Waals surface area contributed by atoms with E-state index < -0.39 is 11.8 Å². The van der Waals surface area contributed by atoms with Crippen molar-refractivity contribution in [3.63, 3.8) is 0 Å². The van der Waals surface area contributed by atoms with Crippen LogP contribution in [0.15, 0.2) is 71.8 Å². The van der Waals surface area contributed by atoms with Crippen LogP contribution in [-0.2, 0) is 14.4 Å². The molecule has 3 aromatic carbocycles. The lowest BCUT2D eigenvalue weighted by atomic mass is 10.2. The molecule has 3 aromatic rings. The van der Waals surface area contributed by atoms with E-state index in [0.717, 1.165) is 0 Å². The van der Waals surface area contributed by atoms with E-state index in [1.807, 2.05) is 0 Å². The van der Waals surface area contributed by atoms with E-state index in [4.69, 9.17) is 39.5 Å². The van der Waals surface area contributed by atoms with Crippen LogP contribution in [0.25, 0.3) is 0 Å². The van der Waals surface area contributed by atoms with Crippen LogP contribution in [0.1, 0.15) is 5.56 Å². The number of nitrogens with one attached hydrogen (secondary N) is 3. The second kappa shape index (κ2) is 12.0. The van der Waals surface area contributed by atoms with Crippen molar-refractivity contribution in [3.05, 3.63) is 87.4 Å². The third-order valence-electron chi connectivity index (χ3n) is 4.06. The monoisotopic (exact) mass is 518 g/mol. The van der Waals surface area contributed by atoms with E-state index >= 15 is 0 Å². The van der Waals surface area contributed by atoms with Gasteiger partial charge in [0, 0.05) is 26.4 Å². The fourth-order valence-corrected chi connectivity index (χ4v) is 3.31. The van der Waals surface area contributed by atoms with Gasteiger partial charge in [-0.2, -0.15) is 5.10 Å². The first kappa shape index (κ1) is 25.0. The Labute approximate surface area is 209 Å². The summed E-state index contributed by atoms with van der Waals surface area (Å²) in [5.41, 5.74) is 3.61. The van der Waals surface area contributed by atoms with Gasteiger partial charge in [0.1, 0.15) is 5.75 Å². The van der Waals surface area contributed by atoms with Gasteiger partial charge in [-0.1, -0.05) is 40.9 Å². The predicted molar refractivity (Wildman–Crippen MR) is 133 cm³/mol. The van der Waals surface area contributed by atoms with Gasteiger partial charge in [-0.05, 0) is 66.2 Å². The van der Waals surface area contributed by atoms with Gasteiger partial charge in [0.05, 0.1) is 6.21 Å². The molecule has 0 atom stereocenters. The molecule has 0 aromatic heterocycles. The summed E-state index contributed by atoms with van der Waals surface area (Å²) in [5.74, 6) is -1.77. The van der Waals surface area contributed by atoms with Crippen molar-refractivity contribution in [1.29, 1.82) is 0 Å². The number of nitrogens with zero attached hydrogens (tertiary/aromatic N) is 1. The second-order valence-electron chi connectivity index (χ2n) is 6.73. The lowest BCUT2D eigenvalue weighted by Crippen LogP contribution is -2.32. The van der Waals surface area contributed by atoms with E-state index in [1.54, 1.807) is 60.7 Å². The highest BCUT2D eigenvalue weighted by molar-refractivity contribution is 6.40. The maximum atomic E-state index is 12.0. The number of hydrogen-bond donors (Lipinski definition) is 3. The minimum Gasteiger partial charge on any atom is -0.484 e. The quantitative estimate of drug-likeness (QED) is 0.238. The lowest BCUT2D eigenvalue weighted by Gasteiger charge is -2.08. The molecule has 0 aliphatic carbocycles. The average Bonchev–Trinajstić information content (AvgIpc) is 2.78. The minimum atomic E-state index is -0.941. The standard InChI is InChI=1S/C23H17Cl3N4O4/c24-15-2-1-3-18(9-15)29-22(32)23(33)30-27-12-14-4-6-20(7-5-14)34-13-21(31)28-19-10-16(25)8-17(26)11-19/h1-12H,13H2,(H,28,31)(H,29,32)(H,30,33)/b27-12-. The number of carbonyl (C=O) groups excluding carboxylic acids is 3. The molecule has 0 saturated carbocycles. The van der Waals surface area contributed by atoms with E-state index in [1.165, 1.54) is 12.3 Å². The number of amides is 3. The summed E-state index contributed by atoms with van der Waals surface area (Å²) in [6, 6.07) is 17.7. The van der Waals surface area contributed by atoms with Crippen molar-refractivity contribution in [2.75, 3.05) is 17.2 Å². The van der Waals surface area contributed by atoms with E-state index in [9.17, 15) is 14.4 Å². The molecule has 0 unspecified atom stereocenters. The molecule has 0 heterocycles. The molecule has 0 aliphatic rings. The SMILES string of the molecule is O=C(COc1ccc(/C=N\NC(=O)C(=O)Nc2cccc(Cl)c2)cc1)Nc1cc(Cl)cc(Cl)c1. The van der Waals surface area contributed by atoms with Crippen molar-refractivity contribution in [3.8, 4) is 5.75 Å². The highest BCUT2D eigenvalue weighted by Gasteiger charge is 2.13. The number of rotatable bonds is 7. The number of carbonyl (C=O) groups is 3. The first-order valence-electron chi connectivity index (χ1n) is 9.67. The molecule has 34 heavy (non-hydrogen) atoms. The van der Waals surface area contributed by atoms with Crippen LogP contribution in [0.2, 0.25) is 15.1 Å². The first-order chi connectivity index (χ1) is 16.3. The van der Waals surface area contributed by atoms with Crippen molar-refractivity contribution < 1.29 is 19.1 Å². The summed E-state index contributed by atoms with van der Waals surface area (Å²) in [5, 5.41) is 10.0. The van der Waals surface area contributed by atoms with Crippen LogP contribution >= 0.6 is 34.8 Å². The average molecular weight is 520 g/mol. The van der Waals surface area contributed by atoms with Gasteiger partial charge in [-0.15, -0.1) is 0 Å². The first-order valence-corrected chi connectivity index (χ1v) is 10.8. The molecular formula is C23H17Cl3N4O4. The zero-order valence-electron chi connectivity index (χ0n) is 17.3. The van der Waals surface area contributed by atoms with Crippen LogP contribution in [-0.4, -0.2) is 30.5 Å². The molecule has 0 aliphatic heterocycles. The van der Waals surface area contributed by atoms with Gasteiger partial charge < -0.3 is 15.4 Å². The number of ether oxygens (including phenoxy) is 1. The zero-order chi connectivity index (χ0) is 24.5. The van der Waals surface area contributed by atoms with Crippen LogP contribution in [0.3, 0.4) is 0 Å². The Morgan fingerprint density at radius 2 is 1.47 bits per heavy atom. The molecule has 3 amide bonds. The van der Waals surface area contributed by atoms with Crippen molar-refractivity contribution >= 4 is 70.1 Å². The normalized spacial score (nSPS) is 10.6. The molecule has 0 bridgehead atoms. The fraction of sp³-hybridized carbons (Fsp3) is 0.0435. The van der Waals surface area contributed by atoms with Gasteiger partial charge in [0.25, 0.3) is 5.91 Å². The summed E-state index contributed by atoms with van der Waals surface area (Å²) < 4.78 is 5.44. The molecule has 0 saturated heterocycles. The topological polar surface area (TPSA) is 109 Å². The van der Waals surface area contributed by atoms with Crippen LogP contribution < -0.4 is 20.8 Å². The molecule has 0 fully saturated rings. The van der Waals surface area contributed by atoms with Gasteiger partial charge in [-0.25, -0.2) is 5.43 Å². The molecule has 174 valence electrons. The van der Waals surface area contributed by atoms with E-state index in [-0.39, 0.29) is 12.5 Å². The van der Waals surface area contributed by atoms with E-state index in [2.05, 4.69) is 21.2 Å². The minimum absolute atomic E-state index is 0.227. The molecule has 0 radical (unpaired) electrons. The summed E-state index contributed by atoms with van der Waals surface area (Å²) in [4.78, 5) is 35.8. The van der Waals surface area contributed by atoms with Gasteiger partial charge >= 0.3 is 11.8 Å². The third-order valence-corrected chi connectivity index (χ3v) is 4.74. The number of benzene rings is 3.